The van der Waals surface area contributed by atoms with Crippen molar-refractivity contribution in [1.29, 1.82) is 0 Å². The molecular weight excluding hydrogens is 186 g/mol. The van der Waals surface area contributed by atoms with E-state index in [1.165, 1.54) is 5.56 Å². The third-order valence-corrected chi connectivity index (χ3v) is 2.33. The van der Waals surface area contributed by atoms with Crippen LogP contribution in [0.5, 0.6) is 0 Å². The summed E-state index contributed by atoms with van der Waals surface area (Å²) < 4.78 is 0. The van der Waals surface area contributed by atoms with Gasteiger partial charge < -0.3 is 5.32 Å². The Morgan fingerprint density at radius 2 is 1.80 bits per heavy atom. The highest BCUT2D eigenvalue weighted by Crippen LogP contribution is 2.02. The molecule has 1 aliphatic heterocycles. The van der Waals surface area contributed by atoms with Crippen LogP contribution in [0.4, 0.5) is 0 Å². The lowest BCUT2D eigenvalue weighted by Crippen LogP contribution is -2.17. The Balaban J connectivity index is 1.63. The summed E-state index contributed by atoms with van der Waals surface area (Å²) in [4.78, 5) is 8.39. The fourth-order valence-corrected chi connectivity index (χ4v) is 1.52. The Kier molecular flexibility index (Phi) is 3.63. The minimum atomic E-state index is 0.147. The minimum absolute atomic E-state index is 0.147. The lowest BCUT2D eigenvalue weighted by molar-refractivity contribution is 0.584. The molecule has 0 unspecified atom stereocenters. The molecule has 2 rings (SSSR count). The van der Waals surface area contributed by atoms with E-state index in [1.54, 1.807) is 12.4 Å². The lowest BCUT2D eigenvalue weighted by Gasteiger charge is -2.06. The van der Waals surface area contributed by atoms with Gasteiger partial charge in [0, 0.05) is 25.4 Å². The highest BCUT2D eigenvalue weighted by Gasteiger charge is 2.04. The maximum atomic E-state index is 4.19. The van der Waals surface area contributed by atoms with Crippen LogP contribution in [0.2, 0.25) is 0 Å². The molecule has 0 amide bonds. The fraction of sp³-hybridized carbons (Fsp3) is 0.333. The fourth-order valence-electron chi connectivity index (χ4n) is 1.52. The van der Waals surface area contributed by atoms with E-state index >= 15 is 0 Å². The second-order valence-corrected chi connectivity index (χ2v) is 3.53. The van der Waals surface area contributed by atoms with Crippen LogP contribution < -0.4 is 5.32 Å². The average molecular weight is 201 g/mol. The molecule has 0 aliphatic carbocycles. The molecule has 1 N–H and O–H groups in total. The van der Waals surface area contributed by atoms with Crippen LogP contribution in [-0.4, -0.2) is 25.1 Å². The van der Waals surface area contributed by atoms with Crippen molar-refractivity contribution >= 4 is 12.4 Å². The number of hydrogen-bond acceptors (Lipinski definition) is 3. The maximum absolute atomic E-state index is 4.19. The van der Waals surface area contributed by atoms with Gasteiger partial charge in [0.1, 0.15) is 6.17 Å². The third kappa shape index (κ3) is 3.29. The number of benzene rings is 1. The summed E-state index contributed by atoms with van der Waals surface area (Å²) in [5.74, 6) is 0. The van der Waals surface area contributed by atoms with Gasteiger partial charge in [-0.2, -0.15) is 0 Å². The normalized spacial score (nSPS) is 14.9. The second-order valence-electron chi connectivity index (χ2n) is 3.53. The molecule has 3 heteroatoms. The predicted molar refractivity (Wildman–Crippen MR) is 63.5 cm³/mol. The molecule has 1 aromatic carbocycles. The molecule has 1 aromatic rings. The van der Waals surface area contributed by atoms with Crippen LogP contribution in [0, 0.1) is 0 Å². The van der Waals surface area contributed by atoms with Crippen molar-refractivity contribution in [2.24, 2.45) is 9.98 Å². The van der Waals surface area contributed by atoms with Gasteiger partial charge in [-0.15, -0.1) is 0 Å². The Morgan fingerprint density at radius 1 is 1.07 bits per heavy atom. The first-order valence-corrected chi connectivity index (χ1v) is 5.25. The van der Waals surface area contributed by atoms with Gasteiger partial charge in [-0.3, -0.25) is 9.98 Å². The van der Waals surface area contributed by atoms with E-state index in [9.17, 15) is 0 Å². The SMILES string of the molecule is C1=NC(CCNCc2ccccc2)N=C1. The van der Waals surface area contributed by atoms with Crippen LogP contribution in [0.1, 0.15) is 12.0 Å². The third-order valence-electron chi connectivity index (χ3n) is 2.33. The Bertz CT molecular complexity index is 331. The summed E-state index contributed by atoms with van der Waals surface area (Å²) in [6.07, 6.45) is 4.65. The number of nitrogens with zero attached hydrogens (tertiary/aromatic N) is 2. The van der Waals surface area contributed by atoms with E-state index in [4.69, 9.17) is 0 Å². The van der Waals surface area contributed by atoms with Crippen molar-refractivity contribution in [3.8, 4) is 0 Å². The zero-order valence-corrected chi connectivity index (χ0v) is 8.63. The van der Waals surface area contributed by atoms with Gasteiger partial charge in [0.15, 0.2) is 0 Å². The predicted octanol–water partition coefficient (Wildman–Crippen LogP) is 1.65. The summed E-state index contributed by atoms with van der Waals surface area (Å²) in [7, 11) is 0. The number of rotatable bonds is 5. The van der Waals surface area contributed by atoms with E-state index in [-0.39, 0.29) is 6.17 Å². The first-order valence-electron chi connectivity index (χ1n) is 5.25. The van der Waals surface area contributed by atoms with Gasteiger partial charge in [0.25, 0.3) is 0 Å². The monoisotopic (exact) mass is 201 g/mol. The summed E-state index contributed by atoms with van der Waals surface area (Å²) in [6.45, 7) is 1.87. The van der Waals surface area contributed by atoms with E-state index in [1.807, 2.05) is 6.07 Å². The Labute approximate surface area is 90.0 Å². The van der Waals surface area contributed by atoms with Gasteiger partial charge in [-0.1, -0.05) is 30.3 Å². The molecule has 0 bridgehead atoms. The van der Waals surface area contributed by atoms with E-state index < -0.39 is 0 Å². The molecule has 0 saturated heterocycles. The molecule has 3 nitrogen and oxygen atoms in total. The topological polar surface area (TPSA) is 36.8 Å². The summed E-state index contributed by atoms with van der Waals surface area (Å²) >= 11 is 0. The molecule has 15 heavy (non-hydrogen) atoms. The van der Waals surface area contributed by atoms with Gasteiger partial charge in [-0.25, -0.2) is 0 Å². The van der Waals surface area contributed by atoms with Crippen LogP contribution in [0.25, 0.3) is 0 Å². The van der Waals surface area contributed by atoms with E-state index in [2.05, 4.69) is 39.6 Å². The average Bonchev–Trinajstić information content (AvgIpc) is 2.79. The van der Waals surface area contributed by atoms with Crippen LogP contribution >= 0.6 is 0 Å². The van der Waals surface area contributed by atoms with Crippen LogP contribution in [0.3, 0.4) is 0 Å². The van der Waals surface area contributed by atoms with Crippen molar-refractivity contribution in [3.63, 3.8) is 0 Å². The van der Waals surface area contributed by atoms with Gasteiger partial charge in [-0.05, 0) is 12.1 Å². The molecule has 0 radical (unpaired) electrons. The summed E-state index contributed by atoms with van der Waals surface area (Å²) in [6, 6.07) is 10.4. The van der Waals surface area contributed by atoms with E-state index in [0.717, 1.165) is 19.5 Å². The zero-order chi connectivity index (χ0) is 10.3. The maximum Gasteiger partial charge on any atom is 0.140 e. The van der Waals surface area contributed by atoms with Crippen molar-refractivity contribution < 1.29 is 0 Å². The molecule has 0 atom stereocenters. The van der Waals surface area contributed by atoms with Gasteiger partial charge in [0.2, 0.25) is 0 Å². The summed E-state index contributed by atoms with van der Waals surface area (Å²) in [5.41, 5.74) is 1.32. The minimum Gasteiger partial charge on any atom is -0.313 e. The molecule has 1 heterocycles. The second kappa shape index (κ2) is 5.41. The molecule has 0 spiro atoms. The summed E-state index contributed by atoms with van der Waals surface area (Å²) in [5, 5.41) is 3.38. The Morgan fingerprint density at radius 3 is 2.53 bits per heavy atom. The first kappa shape index (κ1) is 10.1. The molecule has 0 fully saturated rings. The zero-order valence-electron chi connectivity index (χ0n) is 8.63. The highest BCUT2D eigenvalue weighted by atomic mass is 15.0. The lowest BCUT2D eigenvalue weighted by atomic mass is 10.2. The standard InChI is InChI=1S/C12H15N3/c1-2-4-11(5-3-1)10-13-7-6-12-14-8-9-15-12/h1-5,8-9,12-13H,6-7,10H2. The largest absolute Gasteiger partial charge is 0.313 e. The van der Waals surface area contributed by atoms with E-state index in [0.29, 0.717) is 0 Å². The number of hydrogen-bond donors (Lipinski definition) is 1. The van der Waals surface area contributed by atoms with Crippen molar-refractivity contribution in [2.45, 2.75) is 19.1 Å². The van der Waals surface area contributed by atoms with Crippen molar-refractivity contribution in [3.05, 3.63) is 35.9 Å². The molecule has 0 aromatic heterocycles. The first-order chi connectivity index (χ1) is 7.45. The number of nitrogens with one attached hydrogen (secondary N) is 1. The number of aliphatic imine (C=N–C) groups is 2. The van der Waals surface area contributed by atoms with Crippen molar-refractivity contribution in [2.75, 3.05) is 6.54 Å². The molecule has 1 aliphatic rings. The van der Waals surface area contributed by atoms with Crippen LogP contribution in [-0.2, 0) is 6.54 Å². The van der Waals surface area contributed by atoms with Crippen LogP contribution in [0.15, 0.2) is 40.3 Å². The Hall–Kier alpha value is -1.48. The highest BCUT2D eigenvalue weighted by molar-refractivity contribution is 6.17. The smallest absolute Gasteiger partial charge is 0.140 e. The quantitative estimate of drug-likeness (QED) is 0.722. The molecular formula is C12H15N3. The molecule has 78 valence electrons. The van der Waals surface area contributed by atoms with Gasteiger partial charge >= 0.3 is 0 Å². The van der Waals surface area contributed by atoms with Gasteiger partial charge in [0.05, 0.1) is 0 Å². The van der Waals surface area contributed by atoms with Crippen molar-refractivity contribution in [1.82, 2.24) is 5.32 Å². The molecule has 0 saturated carbocycles.